The van der Waals surface area contributed by atoms with Crippen LogP contribution in [0.1, 0.15) is 33.6 Å². The summed E-state index contributed by atoms with van der Waals surface area (Å²) in [6.45, 7) is 6.78. The van der Waals surface area contributed by atoms with Crippen molar-refractivity contribution in [3.05, 3.63) is 24.0 Å². The minimum Gasteiger partial charge on any atom is -0.490 e. The van der Waals surface area contributed by atoms with Crippen LogP contribution in [0.4, 0.5) is 9.18 Å². The Morgan fingerprint density at radius 2 is 1.95 bits per heavy atom. The van der Waals surface area contributed by atoms with Crippen LogP contribution in [0.15, 0.2) is 18.2 Å². The van der Waals surface area contributed by atoms with Gasteiger partial charge in [-0.15, -0.1) is 9.24 Å². The Bertz CT molecular complexity index is 537. The monoisotopic (exact) mass is 327 g/mol. The topological polar surface area (TPSA) is 38.8 Å². The number of hydrogen-bond acceptors (Lipinski definition) is 3. The molecular formula is C16H23FNO3P. The van der Waals surface area contributed by atoms with Crippen LogP contribution in [0.25, 0.3) is 0 Å². The number of nitrogens with zero attached hydrogens (tertiary/aromatic N) is 1. The Labute approximate surface area is 133 Å². The van der Waals surface area contributed by atoms with Crippen LogP contribution in [-0.4, -0.2) is 35.8 Å². The second-order valence-electron chi connectivity index (χ2n) is 6.47. The summed E-state index contributed by atoms with van der Waals surface area (Å²) in [7, 11) is 2.48. The van der Waals surface area contributed by atoms with Crippen molar-refractivity contribution in [1.82, 2.24) is 4.90 Å². The molecule has 1 fully saturated rings. The van der Waals surface area contributed by atoms with Gasteiger partial charge in [0, 0.05) is 31.2 Å². The van der Waals surface area contributed by atoms with Gasteiger partial charge in [0.15, 0.2) is 0 Å². The van der Waals surface area contributed by atoms with Gasteiger partial charge in [-0.3, -0.25) is 0 Å². The number of halogens is 1. The summed E-state index contributed by atoms with van der Waals surface area (Å²) in [5.74, 6) is 0.388. The Morgan fingerprint density at radius 3 is 2.50 bits per heavy atom. The van der Waals surface area contributed by atoms with Gasteiger partial charge in [0.25, 0.3) is 0 Å². The lowest BCUT2D eigenvalue weighted by Crippen LogP contribution is -2.44. The zero-order valence-electron chi connectivity index (χ0n) is 13.3. The first-order valence-corrected chi connectivity index (χ1v) is 8.02. The van der Waals surface area contributed by atoms with E-state index in [2.05, 4.69) is 9.24 Å². The average molecular weight is 327 g/mol. The largest absolute Gasteiger partial charge is 0.490 e. The van der Waals surface area contributed by atoms with Crippen molar-refractivity contribution in [2.24, 2.45) is 0 Å². The van der Waals surface area contributed by atoms with Gasteiger partial charge < -0.3 is 14.4 Å². The summed E-state index contributed by atoms with van der Waals surface area (Å²) in [6, 6.07) is 4.45. The maximum absolute atomic E-state index is 13.1. The van der Waals surface area contributed by atoms with Gasteiger partial charge in [0.05, 0.1) is 0 Å². The molecule has 2 rings (SSSR count). The fourth-order valence-corrected chi connectivity index (χ4v) is 2.61. The Balaban J connectivity index is 1.86. The fraction of sp³-hybridized carbons (Fsp3) is 0.562. The lowest BCUT2D eigenvalue weighted by atomic mass is 10.1. The van der Waals surface area contributed by atoms with Gasteiger partial charge in [-0.2, -0.15) is 0 Å². The summed E-state index contributed by atoms with van der Waals surface area (Å²) in [5.41, 5.74) is -0.479. The van der Waals surface area contributed by atoms with Crippen molar-refractivity contribution in [1.29, 1.82) is 0 Å². The first-order valence-electron chi connectivity index (χ1n) is 7.44. The van der Waals surface area contributed by atoms with E-state index in [9.17, 15) is 9.18 Å². The molecule has 1 aromatic carbocycles. The number of carbonyl (C=O) groups excluding carboxylic acids is 1. The summed E-state index contributed by atoms with van der Waals surface area (Å²) >= 11 is 0. The van der Waals surface area contributed by atoms with E-state index in [1.165, 1.54) is 12.1 Å². The summed E-state index contributed by atoms with van der Waals surface area (Å²) in [6.07, 6.45) is 1.23. The van der Waals surface area contributed by atoms with Crippen LogP contribution < -0.4 is 10.0 Å². The van der Waals surface area contributed by atoms with Crippen LogP contribution in [-0.2, 0) is 4.74 Å². The fourth-order valence-electron chi connectivity index (χ4n) is 2.29. The molecule has 1 aliphatic heterocycles. The highest BCUT2D eigenvalue weighted by Gasteiger charge is 2.27. The number of carbonyl (C=O) groups is 1. The van der Waals surface area contributed by atoms with Gasteiger partial charge in [-0.25, -0.2) is 9.18 Å². The van der Waals surface area contributed by atoms with E-state index in [0.29, 0.717) is 24.1 Å². The Morgan fingerprint density at radius 1 is 1.32 bits per heavy atom. The van der Waals surface area contributed by atoms with Crippen molar-refractivity contribution in [2.45, 2.75) is 45.3 Å². The molecule has 0 N–H and O–H groups in total. The van der Waals surface area contributed by atoms with Crippen LogP contribution in [0, 0.1) is 5.82 Å². The molecule has 0 aromatic heterocycles. The second-order valence-corrected chi connectivity index (χ2v) is 7.09. The molecule has 1 aliphatic rings. The van der Waals surface area contributed by atoms with Crippen LogP contribution in [0.3, 0.4) is 0 Å². The highest BCUT2D eigenvalue weighted by molar-refractivity contribution is 7.27. The van der Waals surface area contributed by atoms with Gasteiger partial charge in [-0.05, 0) is 39.0 Å². The summed E-state index contributed by atoms with van der Waals surface area (Å²) in [4.78, 5) is 13.7. The zero-order chi connectivity index (χ0) is 16.3. The molecule has 4 nitrogen and oxygen atoms in total. The molecule has 1 atom stereocenters. The van der Waals surface area contributed by atoms with E-state index in [1.807, 2.05) is 20.8 Å². The normalized spacial score (nSPS) is 16.5. The van der Waals surface area contributed by atoms with Crippen LogP contribution >= 0.6 is 9.24 Å². The van der Waals surface area contributed by atoms with E-state index < -0.39 is 5.60 Å². The number of hydrogen-bond donors (Lipinski definition) is 0. The van der Waals surface area contributed by atoms with E-state index in [4.69, 9.17) is 9.47 Å². The number of piperidine rings is 1. The maximum Gasteiger partial charge on any atom is 0.410 e. The molecule has 6 heteroatoms. The summed E-state index contributed by atoms with van der Waals surface area (Å²) in [5, 5.41) is 0.703. The Hall–Kier alpha value is -1.35. The van der Waals surface area contributed by atoms with Crippen molar-refractivity contribution in [3.8, 4) is 5.75 Å². The van der Waals surface area contributed by atoms with Crippen molar-refractivity contribution < 1.29 is 18.7 Å². The second kappa shape index (κ2) is 6.82. The molecule has 0 saturated carbocycles. The smallest absolute Gasteiger partial charge is 0.410 e. The van der Waals surface area contributed by atoms with E-state index >= 15 is 0 Å². The molecule has 0 spiro atoms. The number of amides is 1. The van der Waals surface area contributed by atoms with Gasteiger partial charge in [0.1, 0.15) is 23.3 Å². The average Bonchev–Trinajstić information content (AvgIpc) is 2.41. The number of benzene rings is 1. The molecule has 122 valence electrons. The molecule has 1 heterocycles. The van der Waals surface area contributed by atoms with Crippen molar-refractivity contribution in [3.63, 3.8) is 0 Å². The predicted octanol–water partition coefficient (Wildman–Crippen LogP) is 3.10. The number of rotatable bonds is 2. The third-order valence-corrected chi connectivity index (χ3v) is 3.81. The van der Waals surface area contributed by atoms with Crippen LogP contribution in [0.2, 0.25) is 0 Å². The van der Waals surface area contributed by atoms with Gasteiger partial charge in [0.2, 0.25) is 0 Å². The number of likely N-dealkylation sites (tertiary alicyclic amines) is 1. The number of ether oxygens (including phenoxy) is 2. The molecule has 22 heavy (non-hydrogen) atoms. The highest BCUT2D eigenvalue weighted by atomic mass is 31.0. The van der Waals surface area contributed by atoms with Gasteiger partial charge >= 0.3 is 6.09 Å². The molecular weight excluding hydrogens is 304 g/mol. The summed E-state index contributed by atoms with van der Waals surface area (Å²) < 4.78 is 24.3. The third kappa shape index (κ3) is 4.84. The van der Waals surface area contributed by atoms with Crippen molar-refractivity contribution in [2.75, 3.05) is 13.1 Å². The maximum atomic E-state index is 13.1. The van der Waals surface area contributed by atoms with E-state index in [-0.39, 0.29) is 18.0 Å². The van der Waals surface area contributed by atoms with E-state index in [1.54, 1.807) is 11.0 Å². The standard InChI is InChI=1S/C16H23FNO3P/c1-16(2,3)21-15(19)18-8-6-12(7-9-18)20-13-5-4-11(17)10-14(13)22/h4-5,10,12H,6-9,22H2,1-3H3. The lowest BCUT2D eigenvalue weighted by Gasteiger charge is -2.33. The predicted molar refractivity (Wildman–Crippen MR) is 87.2 cm³/mol. The molecule has 0 aliphatic carbocycles. The minimum atomic E-state index is -0.479. The van der Waals surface area contributed by atoms with Crippen molar-refractivity contribution >= 4 is 20.6 Å². The Kier molecular flexibility index (Phi) is 5.28. The lowest BCUT2D eigenvalue weighted by molar-refractivity contribution is 0.0127. The van der Waals surface area contributed by atoms with Gasteiger partial charge in [-0.1, -0.05) is 0 Å². The molecule has 0 bridgehead atoms. The van der Waals surface area contributed by atoms with E-state index in [0.717, 1.165) is 12.8 Å². The molecule has 1 unspecified atom stereocenters. The molecule has 1 aromatic rings. The zero-order valence-corrected chi connectivity index (χ0v) is 14.4. The SMILES string of the molecule is CC(C)(C)OC(=O)N1CCC(Oc2ccc(F)cc2P)CC1. The first-order chi connectivity index (χ1) is 10.2. The highest BCUT2D eigenvalue weighted by Crippen LogP contribution is 2.21. The molecule has 1 saturated heterocycles. The minimum absolute atomic E-state index is 0.0310. The first kappa shape index (κ1) is 17.0. The third-order valence-electron chi connectivity index (χ3n) is 3.36. The van der Waals surface area contributed by atoms with Crippen LogP contribution in [0.5, 0.6) is 5.75 Å². The molecule has 1 amide bonds. The quantitative estimate of drug-likeness (QED) is 0.784. The molecule has 0 radical (unpaired) electrons.